The smallest absolute Gasteiger partial charge is 0.329 e. The molecule has 0 unspecified atom stereocenters. The Labute approximate surface area is 169 Å². The third kappa shape index (κ3) is 2.87. The van der Waals surface area contributed by atoms with Crippen molar-refractivity contribution in [1.29, 1.82) is 0 Å². The molecule has 3 heterocycles. The summed E-state index contributed by atoms with van der Waals surface area (Å²) >= 11 is 2.94. The molecule has 0 saturated heterocycles. The first-order valence-corrected chi connectivity index (χ1v) is 10.5. The van der Waals surface area contributed by atoms with Crippen LogP contribution in [-0.2, 0) is 10.3 Å². The van der Waals surface area contributed by atoms with E-state index in [-0.39, 0.29) is 5.56 Å². The van der Waals surface area contributed by atoms with E-state index >= 15 is 0 Å². The van der Waals surface area contributed by atoms with Gasteiger partial charge in [0, 0.05) is 21.4 Å². The summed E-state index contributed by atoms with van der Waals surface area (Å²) in [6.45, 7) is 5.01. The predicted molar refractivity (Wildman–Crippen MR) is 114 cm³/mol. The number of rotatable bonds is 4. The molecule has 0 spiro atoms. The fourth-order valence-electron chi connectivity index (χ4n) is 3.20. The summed E-state index contributed by atoms with van der Waals surface area (Å²) in [5.41, 5.74) is 0.750. The summed E-state index contributed by atoms with van der Waals surface area (Å²) in [6.07, 6.45) is 0. The Bertz CT molecular complexity index is 1250. The third-order valence-electron chi connectivity index (χ3n) is 4.75. The lowest BCUT2D eigenvalue weighted by molar-refractivity contribution is -0.145. The van der Waals surface area contributed by atoms with Crippen molar-refractivity contribution in [2.75, 3.05) is 0 Å². The number of benzene rings is 1. The van der Waals surface area contributed by atoms with E-state index in [9.17, 15) is 14.7 Å². The fraction of sp³-hybridized carbons (Fsp3) is 0.190. The summed E-state index contributed by atoms with van der Waals surface area (Å²) in [5.74, 6) is -0.717. The van der Waals surface area contributed by atoms with Gasteiger partial charge in [-0.25, -0.2) is 9.78 Å². The first kappa shape index (κ1) is 18.6. The molecule has 7 heteroatoms. The second kappa shape index (κ2) is 6.68. The monoisotopic (exact) mass is 410 g/mol. The molecule has 0 bridgehead atoms. The summed E-state index contributed by atoms with van der Waals surface area (Å²) in [4.78, 5) is 32.0. The Morgan fingerprint density at radius 3 is 2.61 bits per heavy atom. The van der Waals surface area contributed by atoms with Gasteiger partial charge in [-0.2, -0.15) is 0 Å². The van der Waals surface area contributed by atoms with E-state index in [0.717, 1.165) is 21.6 Å². The van der Waals surface area contributed by atoms with Crippen molar-refractivity contribution in [3.8, 4) is 21.8 Å². The van der Waals surface area contributed by atoms with Crippen molar-refractivity contribution in [1.82, 2.24) is 9.55 Å². The quantitative estimate of drug-likeness (QED) is 0.515. The normalized spacial score (nSPS) is 11.8. The predicted octanol–water partition coefficient (Wildman–Crippen LogP) is 4.98. The lowest BCUT2D eigenvalue weighted by Gasteiger charge is -2.25. The minimum absolute atomic E-state index is 0.335. The highest BCUT2D eigenvalue weighted by molar-refractivity contribution is 7.18. The Hall–Kier alpha value is -2.77. The minimum Gasteiger partial charge on any atom is -0.480 e. The molecule has 4 aromatic rings. The summed E-state index contributed by atoms with van der Waals surface area (Å²) < 4.78 is 1.32. The van der Waals surface area contributed by atoms with Crippen molar-refractivity contribution in [2.45, 2.75) is 26.3 Å². The zero-order chi connectivity index (χ0) is 20.1. The van der Waals surface area contributed by atoms with Gasteiger partial charge < -0.3 is 5.11 Å². The highest BCUT2D eigenvalue weighted by Crippen LogP contribution is 2.36. The Kier molecular flexibility index (Phi) is 4.44. The first-order chi connectivity index (χ1) is 13.3. The van der Waals surface area contributed by atoms with Crippen LogP contribution in [0.3, 0.4) is 0 Å². The number of carboxylic acids is 1. The van der Waals surface area contributed by atoms with Crippen LogP contribution in [0, 0.1) is 6.92 Å². The fourth-order valence-corrected chi connectivity index (χ4v) is 4.95. The van der Waals surface area contributed by atoms with Crippen molar-refractivity contribution in [3.63, 3.8) is 0 Å². The number of carbonyl (C=O) groups is 1. The van der Waals surface area contributed by atoms with Crippen LogP contribution >= 0.6 is 22.7 Å². The molecule has 5 nitrogen and oxygen atoms in total. The van der Waals surface area contributed by atoms with Crippen LogP contribution in [-0.4, -0.2) is 20.6 Å². The Morgan fingerprint density at radius 1 is 1.18 bits per heavy atom. The molecule has 1 aromatic carbocycles. The number of aryl methyl sites for hydroxylation is 1. The molecule has 1 N–H and O–H groups in total. The van der Waals surface area contributed by atoms with Gasteiger partial charge in [-0.05, 0) is 38.3 Å². The van der Waals surface area contributed by atoms with Gasteiger partial charge in [0.05, 0.1) is 5.39 Å². The van der Waals surface area contributed by atoms with Gasteiger partial charge in [-0.15, -0.1) is 22.7 Å². The van der Waals surface area contributed by atoms with Crippen LogP contribution in [0.25, 0.3) is 32.0 Å². The molecular formula is C21H18N2O3S2. The van der Waals surface area contributed by atoms with E-state index in [0.29, 0.717) is 16.0 Å². The number of hydrogen-bond donors (Lipinski definition) is 1. The minimum atomic E-state index is -1.45. The number of fused-ring (bicyclic) bond motifs is 1. The average Bonchev–Trinajstić information content (AvgIpc) is 3.30. The van der Waals surface area contributed by atoms with E-state index in [1.807, 2.05) is 54.1 Å². The van der Waals surface area contributed by atoms with Crippen molar-refractivity contribution >= 4 is 38.9 Å². The largest absolute Gasteiger partial charge is 0.480 e. The van der Waals surface area contributed by atoms with Crippen LogP contribution in [0.4, 0.5) is 0 Å². The van der Waals surface area contributed by atoms with Crippen molar-refractivity contribution < 1.29 is 9.90 Å². The highest BCUT2D eigenvalue weighted by Gasteiger charge is 2.35. The molecule has 0 aliphatic rings. The SMILES string of the molecule is Cc1cccc(-c2nc3scc(-c4cccs4)c3c(=O)n2C(C)(C)C(=O)O)c1. The van der Waals surface area contributed by atoms with E-state index in [4.69, 9.17) is 4.98 Å². The second-order valence-corrected chi connectivity index (χ2v) is 8.92. The van der Waals surface area contributed by atoms with Gasteiger partial charge in [0.1, 0.15) is 16.2 Å². The lowest BCUT2D eigenvalue weighted by Crippen LogP contribution is -2.44. The van der Waals surface area contributed by atoms with Gasteiger partial charge in [0.25, 0.3) is 5.56 Å². The summed E-state index contributed by atoms with van der Waals surface area (Å²) in [6, 6.07) is 11.5. The molecule has 4 rings (SSSR count). The van der Waals surface area contributed by atoms with Gasteiger partial charge in [0.15, 0.2) is 0 Å². The molecule has 3 aromatic heterocycles. The molecule has 0 amide bonds. The molecule has 0 atom stereocenters. The van der Waals surface area contributed by atoms with Gasteiger partial charge in [0.2, 0.25) is 0 Å². The van der Waals surface area contributed by atoms with Crippen molar-refractivity contribution in [2.24, 2.45) is 0 Å². The molecule has 28 heavy (non-hydrogen) atoms. The zero-order valence-corrected chi connectivity index (χ0v) is 17.2. The average molecular weight is 411 g/mol. The number of thiophene rings is 2. The van der Waals surface area contributed by atoms with Crippen LogP contribution in [0.5, 0.6) is 0 Å². The number of aromatic nitrogens is 2. The molecule has 142 valence electrons. The zero-order valence-electron chi connectivity index (χ0n) is 15.6. The standard InChI is InChI=1S/C21H18N2O3S2/c1-12-6-4-7-13(10-12)17-22-18-16(14(11-28-18)15-8-5-9-27-15)19(24)23(17)21(2,3)20(25)26/h4-11H,1-3H3,(H,25,26). The van der Waals surface area contributed by atoms with Gasteiger partial charge >= 0.3 is 5.97 Å². The van der Waals surface area contributed by atoms with E-state index in [1.54, 1.807) is 11.3 Å². The topological polar surface area (TPSA) is 72.2 Å². The number of hydrogen-bond acceptors (Lipinski definition) is 5. The Morgan fingerprint density at radius 2 is 1.96 bits per heavy atom. The van der Waals surface area contributed by atoms with Crippen LogP contribution in [0.1, 0.15) is 19.4 Å². The van der Waals surface area contributed by atoms with Crippen molar-refractivity contribution in [3.05, 3.63) is 63.1 Å². The highest BCUT2D eigenvalue weighted by atomic mass is 32.1. The van der Waals surface area contributed by atoms with Crippen LogP contribution in [0.15, 0.2) is 52.0 Å². The van der Waals surface area contributed by atoms with Gasteiger partial charge in [-0.3, -0.25) is 9.36 Å². The van der Waals surface area contributed by atoms with Crippen LogP contribution < -0.4 is 5.56 Å². The third-order valence-corrected chi connectivity index (χ3v) is 6.53. The molecular weight excluding hydrogens is 392 g/mol. The summed E-state index contributed by atoms with van der Waals surface area (Å²) in [7, 11) is 0. The lowest BCUT2D eigenvalue weighted by atomic mass is 10.0. The molecule has 0 fully saturated rings. The number of carboxylic acid groups (broad SMARTS) is 1. The number of aliphatic carboxylic acids is 1. The second-order valence-electron chi connectivity index (χ2n) is 7.12. The summed E-state index contributed by atoms with van der Waals surface area (Å²) in [5, 5.41) is 14.2. The van der Waals surface area contributed by atoms with E-state index in [2.05, 4.69) is 0 Å². The molecule has 0 aliphatic heterocycles. The Balaban J connectivity index is 2.13. The maximum absolute atomic E-state index is 13.6. The maximum atomic E-state index is 13.6. The number of nitrogens with zero attached hydrogens (tertiary/aromatic N) is 2. The van der Waals surface area contributed by atoms with E-state index < -0.39 is 11.5 Å². The van der Waals surface area contributed by atoms with Gasteiger partial charge in [-0.1, -0.05) is 29.8 Å². The van der Waals surface area contributed by atoms with E-state index in [1.165, 1.54) is 29.8 Å². The molecule has 0 saturated carbocycles. The first-order valence-electron chi connectivity index (χ1n) is 8.69. The molecule has 0 radical (unpaired) electrons. The van der Waals surface area contributed by atoms with Crippen LogP contribution in [0.2, 0.25) is 0 Å². The maximum Gasteiger partial charge on any atom is 0.329 e. The molecule has 0 aliphatic carbocycles.